The maximum Gasteiger partial charge on any atom is 0.0446 e. The van der Waals surface area contributed by atoms with Gasteiger partial charge in [0.05, 0.1) is 0 Å². The summed E-state index contributed by atoms with van der Waals surface area (Å²) in [5.74, 6) is 0.723. The average molecular weight is 214 g/mol. The van der Waals surface area contributed by atoms with Crippen molar-refractivity contribution in [1.82, 2.24) is 9.80 Å². The molecule has 0 aliphatic carbocycles. The van der Waals surface area contributed by atoms with Gasteiger partial charge in [0, 0.05) is 38.3 Å². The van der Waals surface area contributed by atoms with E-state index >= 15 is 0 Å². The Labute approximate surface area is 94.1 Å². The molecule has 0 amide bonds. The molecule has 1 heterocycles. The van der Waals surface area contributed by atoms with Gasteiger partial charge < -0.3 is 10.0 Å². The third-order valence-electron chi connectivity index (χ3n) is 3.41. The number of aliphatic hydroxyl groups excluding tert-OH is 1. The van der Waals surface area contributed by atoms with Crippen LogP contribution >= 0.6 is 0 Å². The van der Waals surface area contributed by atoms with Crippen LogP contribution in [0.15, 0.2) is 0 Å². The van der Waals surface area contributed by atoms with Crippen LogP contribution in [0, 0.1) is 5.92 Å². The lowest BCUT2D eigenvalue weighted by Gasteiger charge is -2.30. The first-order valence-electron chi connectivity index (χ1n) is 6.09. The smallest absolute Gasteiger partial charge is 0.0446 e. The quantitative estimate of drug-likeness (QED) is 0.760. The monoisotopic (exact) mass is 214 g/mol. The van der Waals surface area contributed by atoms with Gasteiger partial charge in [-0.05, 0) is 33.2 Å². The first kappa shape index (κ1) is 12.9. The molecule has 2 unspecified atom stereocenters. The molecular weight excluding hydrogens is 188 g/mol. The lowest BCUT2D eigenvalue weighted by atomic mass is 10.1. The van der Waals surface area contributed by atoms with Gasteiger partial charge in [0.2, 0.25) is 0 Å². The summed E-state index contributed by atoms with van der Waals surface area (Å²) in [4.78, 5) is 4.94. The van der Waals surface area contributed by atoms with Gasteiger partial charge in [-0.2, -0.15) is 0 Å². The SMILES string of the molecule is CC1CN(C)C(CCO)CN(C(C)C)C1. The van der Waals surface area contributed by atoms with E-state index in [0.717, 1.165) is 25.4 Å². The summed E-state index contributed by atoms with van der Waals surface area (Å²) in [5, 5.41) is 9.07. The normalized spacial score (nSPS) is 30.8. The summed E-state index contributed by atoms with van der Waals surface area (Å²) in [5.41, 5.74) is 0. The van der Waals surface area contributed by atoms with E-state index in [2.05, 4.69) is 37.6 Å². The topological polar surface area (TPSA) is 26.7 Å². The van der Waals surface area contributed by atoms with Crippen molar-refractivity contribution in [2.24, 2.45) is 5.92 Å². The highest BCUT2D eigenvalue weighted by molar-refractivity contribution is 4.82. The van der Waals surface area contributed by atoms with Gasteiger partial charge in [0.15, 0.2) is 0 Å². The molecule has 1 aliphatic rings. The second kappa shape index (κ2) is 5.83. The summed E-state index contributed by atoms with van der Waals surface area (Å²) < 4.78 is 0. The first-order valence-corrected chi connectivity index (χ1v) is 6.09. The van der Waals surface area contributed by atoms with Crippen molar-refractivity contribution in [3.8, 4) is 0 Å². The molecule has 0 aromatic rings. The molecule has 0 aromatic carbocycles. The Morgan fingerprint density at radius 3 is 2.47 bits per heavy atom. The standard InChI is InChI=1S/C12H26N2O/c1-10(2)14-8-11(3)7-13(4)12(9-14)5-6-15/h10-12,15H,5-9H2,1-4H3. The summed E-state index contributed by atoms with van der Waals surface area (Å²) in [6, 6.07) is 1.13. The molecule has 0 spiro atoms. The zero-order valence-corrected chi connectivity index (χ0v) is 10.6. The van der Waals surface area contributed by atoms with E-state index in [4.69, 9.17) is 5.11 Å². The molecule has 1 saturated heterocycles. The van der Waals surface area contributed by atoms with E-state index in [1.54, 1.807) is 0 Å². The molecular formula is C12H26N2O. The number of hydrogen-bond donors (Lipinski definition) is 1. The Morgan fingerprint density at radius 1 is 1.27 bits per heavy atom. The highest BCUT2D eigenvalue weighted by Gasteiger charge is 2.26. The van der Waals surface area contributed by atoms with Crippen LogP contribution in [0.1, 0.15) is 27.2 Å². The van der Waals surface area contributed by atoms with Gasteiger partial charge in [-0.15, -0.1) is 0 Å². The van der Waals surface area contributed by atoms with Crippen molar-refractivity contribution in [1.29, 1.82) is 0 Å². The van der Waals surface area contributed by atoms with Gasteiger partial charge >= 0.3 is 0 Å². The molecule has 0 aromatic heterocycles. The minimum atomic E-state index is 0.301. The van der Waals surface area contributed by atoms with Crippen molar-refractivity contribution < 1.29 is 5.11 Å². The predicted octanol–water partition coefficient (Wildman–Crippen LogP) is 1.03. The van der Waals surface area contributed by atoms with Crippen LogP contribution in [0.3, 0.4) is 0 Å². The van der Waals surface area contributed by atoms with E-state index in [9.17, 15) is 0 Å². The fourth-order valence-corrected chi connectivity index (χ4v) is 2.47. The molecule has 3 nitrogen and oxygen atoms in total. The molecule has 2 atom stereocenters. The Bertz CT molecular complexity index is 184. The van der Waals surface area contributed by atoms with Crippen molar-refractivity contribution in [3.05, 3.63) is 0 Å². The van der Waals surface area contributed by atoms with E-state index in [1.165, 1.54) is 6.54 Å². The third-order valence-corrected chi connectivity index (χ3v) is 3.41. The van der Waals surface area contributed by atoms with E-state index < -0.39 is 0 Å². The number of likely N-dealkylation sites (N-methyl/N-ethyl adjacent to an activating group) is 1. The zero-order chi connectivity index (χ0) is 11.4. The van der Waals surface area contributed by atoms with E-state index in [-0.39, 0.29) is 0 Å². The van der Waals surface area contributed by atoms with Crippen LogP contribution in [0.25, 0.3) is 0 Å². The van der Waals surface area contributed by atoms with Gasteiger partial charge in [-0.25, -0.2) is 0 Å². The lowest BCUT2D eigenvalue weighted by Crippen LogP contribution is -2.41. The number of rotatable bonds is 3. The van der Waals surface area contributed by atoms with Gasteiger partial charge in [0.25, 0.3) is 0 Å². The highest BCUT2D eigenvalue weighted by atomic mass is 16.3. The summed E-state index contributed by atoms with van der Waals surface area (Å²) >= 11 is 0. The van der Waals surface area contributed by atoms with Crippen LogP contribution in [0.4, 0.5) is 0 Å². The Balaban J connectivity index is 2.63. The first-order chi connectivity index (χ1) is 7.04. The van der Waals surface area contributed by atoms with Crippen LogP contribution in [0.5, 0.6) is 0 Å². The van der Waals surface area contributed by atoms with Crippen LogP contribution < -0.4 is 0 Å². The van der Waals surface area contributed by atoms with Crippen LogP contribution in [0.2, 0.25) is 0 Å². The minimum absolute atomic E-state index is 0.301. The number of aliphatic hydroxyl groups is 1. The highest BCUT2D eigenvalue weighted by Crippen LogP contribution is 2.16. The van der Waals surface area contributed by atoms with Crippen LogP contribution in [-0.4, -0.2) is 60.3 Å². The maximum atomic E-state index is 9.07. The Morgan fingerprint density at radius 2 is 1.93 bits per heavy atom. The van der Waals surface area contributed by atoms with Crippen LogP contribution in [-0.2, 0) is 0 Å². The Hall–Kier alpha value is -0.120. The second-order valence-corrected chi connectivity index (χ2v) is 5.26. The average Bonchev–Trinajstić information content (AvgIpc) is 2.27. The molecule has 0 bridgehead atoms. The molecule has 15 heavy (non-hydrogen) atoms. The second-order valence-electron chi connectivity index (χ2n) is 5.26. The molecule has 3 heteroatoms. The summed E-state index contributed by atoms with van der Waals surface area (Å²) in [6.45, 7) is 10.6. The number of hydrogen-bond acceptors (Lipinski definition) is 3. The van der Waals surface area contributed by atoms with Crippen molar-refractivity contribution in [2.45, 2.75) is 39.3 Å². The molecule has 90 valence electrons. The summed E-state index contributed by atoms with van der Waals surface area (Å²) in [7, 11) is 2.18. The maximum absolute atomic E-state index is 9.07. The lowest BCUT2D eigenvalue weighted by molar-refractivity contribution is 0.150. The predicted molar refractivity (Wildman–Crippen MR) is 64.0 cm³/mol. The molecule has 0 radical (unpaired) electrons. The molecule has 1 fully saturated rings. The minimum Gasteiger partial charge on any atom is -0.396 e. The van der Waals surface area contributed by atoms with Crippen molar-refractivity contribution in [3.63, 3.8) is 0 Å². The molecule has 1 N–H and O–H groups in total. The fraction of sp³-hybridized carbons (Fsp3) is 1.00. The van der Waals surface area contributed by atoms with Gasteiger partial charge in [0.1, 0.15) is 0 Å². The number of nitrogens with zero attached hydrogens (tertiary/aromatic N) is 2. The largest absolute Gasteiger partial charge is 0.396 e. The van der Waals surface area contributed by atoms with Crippen molar-refractivity contribution in [2.75, 3.05) is 33.3 Å². The summed E-state index contributed by atoms with van der Waals surface area (Å²) in [6.07, 6.45) is 0.895. The fourth-order valence-electron chi connectivity index (χ4n) is 2.47. The molecule has 0 saturated carbocycles. The molecule has 1 aliphatic heterocycles. The zero-order valence-electron chi connectivity index (χ0n) is 10.6. The van der Waals surface area contributed by atoms with E-state index in [1.807, 2.05) is 0 Å². The van der Waals surface area contributed by atoms with E-state index in [0.29, 0.717) is 18.7 Å². The van der Waals surface area contributed by atoms with Gasteiger partial charge in [-0.1, -0.05) is 6.92 Å². The Kier molecular flexibility index (Phi) is 5.03. The third kappa shape index (κ3) is 3.74. The van der Waals surface area contributed by atoms with Gasteiger partial charge in [-0.3, -0.25) is 4.90 Å². The van der Waals surface area contributed by atoms with Crippen molar-refractivity contribution >= 4 is 0 Å². The molecule has 1 rings (SSSR count).